The SMILES string of the molecule is O=C(O)CC1CCC(OCc2ccccc2)C1. The number of ether oxygens (including phenoxy) is 1. The fourth-order valence-corrected chi connectivity index (χ4v) is 2.40. The lowest BCUT2D eigenvalue weighted by atomic mass is 10.0. The maximum Gasteiger partial charge on any atom is 0.303 e. The molecule has 0 radical (unpaired) electrons. The summed E-state index contributed by atoms with van der Waals surface area (Å²) in [5.74, 6) is -0.396. The number of hydrogen-bond acceptors (Lipinski definition) is 2. The van der Waals surface area contributed by atoms with Gasteiger partial charge in [-0.05, 0) is 30.7 Å². The molecule has 1 fully saturated rings. The highest BCUT2D eigenvalue weighted by Crippen LogP contribution is 2.30. The molecule has 0 spiro atoms. The molecule has 2 atom stereocenters. The number of aliphatic carboxylic acids is 1. The number of carbonyl (C=O) groups is 1. The summed E-state index contributed by atoms with van der Waals surface area (Å²) in [5, 5.41) is 8.73. The Morgan fingerprint density at radius 3 is 2.76 bits per heavy atom. The number of carboxylic acids is 1. The van der Waals surface area contributed by atoms with Gasteiger partial charge in [0.15, 0.2) is 0 Å². The highest BCUT2D eigenvalue weighted by Gasteiger charge is 2.26. The van der Waals surface area contributed by atoms with E-state index in [0.29, 0.717) is 12.5 Å². The van der Waals surface area contributed by atoms with E-state index in [4.69, 9.17) is 9.84 Å². The molecule has 0 aromatic heterocycles. The number of benzene rings is 1. The zero-order valence-electron chi connectivity index (χ0n) is 9.84. The normalized spacial score (nSPS) is 23.8. The molecule has 1 aliphatic carbocycles. The molecule has 1 aromatic rings. The average molecular weight is 234 g/mol. The van der Waals surface area contributed by atoms with Gasteiger partial charge in [0, 0.05) is 6.42 Å². The molecule has 1 saturated carbocycles. The van der Waals surface area contributed by atoms with Gasteiger partial charge in [0.1, 0.15) is 0 Å². The molecular formula is C14H18O3. The first-order chi connectivity index (χ1) is 8.24. The first kappa shape index (κ1) is 12.1. The van der Waals surface area contributed by atoms with Gasteiger partial charge in [0.25, 0.3) is 0 Å². The first-order valence-electron chi connectivity index (χ1n) is 6.11. The van der Waals surface area contributed by atoms with Crippen LogP contribution in [0.25, 0.3) is 0 Å². The maximum absolute atomic E-state index is 10.6. The molecule has 1 aromatic carbocycles. The summed E-state index contributed by atoms with van der Waals surface area (Å²) in [6, 6.07) is 10.1. The lowest BCUT2D eigenvalue weighted by Crippen LogP contribution is -2.10. The van der Waals surface area contributed by atoms with Crippen LogP contribution < -0.4 is 0 Å². The van der Waals surface area contributed by atoms with Crippen LogP contribution in [0.3, 0.4) is 0 Å². The minimum atomic E-state index is -0.696. The molecule has 17 heavy (non-hydrogen) atoms. The summed E-state index contributed by atoms with van der Waals surface area (Å²) in [4.78, 5) is 10.6. The minimum Gasteiger partial charge on any atom is -0.481 e. The van der Waals surface area contributed by atoms with E-state index in [9.17, 15) is 4.79 Å². The first-order valence-corrected chi connectivity index (χ1v) is 6.11. The molecular weight excluding hydrogens is 216 g/mol. The molecule has 0 aliphatic heterocycles. The Hall–Kier alpha value is -1.35. The molecule has 2 unspecified atom stereocenters. The monoisotopic (exact) mass is 234 g/mol. The second-order valence-corrected chi connectivity index (χ2v) is 4.70. The van der Waals surface area contributed by atoms with Crippen molar-refractivity contribution in [1.82, 2.24) is 0 Å². The van der Waals surface area contributed by atoms with Crippen molar-refractivity contribution in [2.75, 3.05) is 0 Å². The smallest absolute Gasteiger partial charge is 0.303 e. The number of rotatable bonds is 5. The predicted octanol–water partition coefficient (Wildman–Crippen LogP) is 2.85. The Bertz CT molecular complexity index is 361. The molecule has 2 rings (SSSR count). The van der Waals surface area contributed by atoms with E-state index < -0.39 is 5.97 Å². The van der Waals surface area contributed by atoms with Crippen LogP contribution in [0.5, 0.6) is 0 Å². The van der Waals surface area contributed by atoms with Crippen molar-refractivity contribution < 1.29 is 14.6 Å². The van der Waals surface area contributed by atoms with Gasteiger partial charge in [0.2, 0.25) is 0 Å². The summed E-state index contributed by atoms with van der Waals surface area (Å²) in [6.07, 6.45) is 3.38. The highest BCUT2D eigenvalue weighted by molar-refractivity contribution is 5.67. The van der Waals surface area contributed by atoms with Crippen LogP contribution in [0, 0.1) is 5.92 Å². The third-order valence-corrected chi connectivity index (χ3v) is 3.28. The zero-order valence-corrected chi connectivity index (χ0v) is 9.84. The maximum atomic E-state index is 10.6. The second kappa shape index (κ2) is 5.82. The molecule has 1 aliphatic rings. The van der Waals surface area contributed by atoms with Crippen molar-refractivity contribution in [3.63, 3.8) is 0 Å². The molecule has 0 saturated heterocycles. The quantitative estimate of drug-likeness (QED) is 0.852. The summed E-state index contributed by atoms with van der Waals surface area (Å²) in [7, 11) is 0. The summed E-state index contributed by atoms with van der Waals surface area (Å²) >= 11 is 0. The lowest BCUT2D eigenvalue weighted by Gasteiger charge is -2.12. The van der Waals surface area contributed by atoms with Gasteiger partial charge in [0.05, 0.1) is 12.7 Å². The topological polar surface area (TPSA) is 46.5 Å². The van der Waals surface area contributed by atoms with E-state index in [1.807, 2.05) is 30.3 Å². The van der Waals surface area contributed by atoms with Gasteiger partial charge < -0.3 is 9.84 Å². The van der Waals surface area contributed by atoms with Crippen LogP contribution >= 0.6 is 0 Å². The van der Waals surface area contributed by atoms with Crippen LogP contribution in [0.15, 0.2) is 30.3 Å². The zero-order chi connectivity index (χ0) is 12.1. The Labute approximate surface area is 101 Å². The Morgan fingerprint density at radius 1 is 1.29 bits per heavy atom. The van der Waals surface area contributed by atoms with E-state index in [-0.39, 0.29) is 12.5 Å². The number of carboxylic acid groups (broad SMARTS) is 1. The van der Waals surface area contributed by atoms with Gasteiger partial charge in [-0.1, -0.05) is 30.3 Å². The van der Waals surface area contributed by atoms with Crippen LogP contribution in [-0.4, -0.2) is 17.2 Å². The van der Waals surface area contributed by atoms with Crippen LogP contribution in [0.4, 0.5) is 0 Å². The molecule has 0 heterocycles. The van der Waals surface area contributed by atoms with E-state index >= 15 is 0 Å². The minimum absolute atomic E-state index is 0.236. The van der Waals surface area contributed by atoms with Gasteiger partial charge >= 0.3 is 5.97 Å². The standard InChI is InChI=1S/C14H18O3/c15-14(16)9-12-6-7-13(8-12)17-10-11-4-2-1-3-5-11/h1-5,12-13H,6-10H2,(H,15,16). The van der Waals surface area contributed by atoms with E-state index in [2.05, 4.69) is 0 Å². The van der Waals surface area contributed by atoms with Crippen molar-refractivity contribution in [2.24, 2.45) is 5.92 Å². The van der Waals surface area contributed by atoms with Crippen molar-refractivity contribution in [2.45, 2.75) is 38.4 Å². The van der Waals surface area contributed by atoms with Gasteiger partial charge in [-0.15, -0.1) is 0 Å². The number of hydrogen-bond donors (Lipinski definition) is 1. The van der Waals surface area contributed by atoms with Crippen molar-refractivity contribution in [3.05, 3.63) is 35.9 Å². The Balaban J connectivity index is 1.73. The third kappa shape index (κ3) is 3.86. The third-order valence-electron chi connectivity index (χ3n) is 3.28. The van der Waals surface area contributed by atoms with E-state index in [1.165, 1.54) is 5.56 Å². The highest BCUT2D eigenvalue weighted by atomic mass is 16.5. The fourth-order valence-electron chi connectivity index (χ4n) is 2.40. The summed E-state index contributed by atoms with van der Waals surface area (Å²) in [5.41, 5.74) is 1.18. The Morgan fingerprint density at radius 2 is 2.06 bits per heavy atom. The van der Waals surface area contributed by atoms with E-state index in [1.54, 1.807) is 0 Å². The van der Waals surface area contributed by atoms with Crippen molar-refractivity contribution >= 4 is 5.97 Å². The van der Waals surface area contributed by atoms with Crippen molar-refractivity contribution in [1.29, 1.82) is 0 Å². The van der Waals surface area contributed by atoms with Crippen LogP contribution in [-0.2, 0) is 16.1 Å². The molecule has 3 nitrogen and oxygen atoms in total. The van der Waals surface area contributed by atoms with Crippen LogP contribution in [0.1, 0.15) is 31.2 Å². The van der Waals surface area contributed by atoms with Crippen LogP contribution in [0.2, 0.25) is 0 Å². The molecule has 0 amide bonds. The van der Waals surface area contributed by atoms with Crippen molar-refractivity contribution in [3.8, 4) is 0 Å². The predicted molar refractivity (Wildman–Crippen MR) is 64.6 cm³/mol. The second-order valence-electron chi connectivity index (χ2n) is 4.70. The average Bonchev–Trinajstić information content (AvgIpc) is 2.75. The summed E-state index contributed by atoms with van der Waals surface area (Å²) < 4.78 is 5.81. The fraction of sp³-hybridized carbons (Fsp3) is 0.500. The molecule has 0 bridgehead atoms. The van der Waals surface area contributed by atoms with Gasteiger partial charge in [-0.25, -0.2) is 0 Å². The molecule has 3 heteroatoms. The van der Waals surface area contributed by atoms with Gasteiger partial charge in [-0.2, -0.15) is 0 Å². The van der Waals surface area contributed by atoms with Gasteiger partial charge in [-0.3, -0.25) is 4.79 Å². The summed E-state index contributed by atoms with van der Waals surface area (Å²) in [6.45, 7) is 0.630. The lowest BCUT2D eigenvalue weighted by molar-refractivity contribution is -0.138. The molecule has 92 valence electrons. The Kier molecular flexibility index (Phi) is 4.15. The largest absolute Gasteiger partial charge is 0.481 e. The van der Waals surface area contributed by atoms with E-state index in [0.717, 1.165) is 19.3 Å². The molecule has 1 N–H and O–H groups in total.